The van der Waals surface area contributed by atoms with Crippen LogP contribution in [0.4, 0.5) is 0 Å². The van der Waals surface area contributed by atoms with E-state index in [0.717, 1.165) is 73.9 Å². The first-order valence-corrected chi connectivity index (χ1v) is 16.3. The summed E-state index contributed by atoms with van der Waals surface area (Å²) in [5.74, 6) is 4.00. The highest BCUT2D eigenvalue weighted by Crippen LogP contribution is 2.48. The topological polar surface area (TPSA) is 107 Å². The van der Waals surface area contributed by atoms with Crippen LogP contribution in [-0.2, 0) is 6.42 Å². The van der Waals surface area contributed by atoms with Crippen molar-refractivity contribution in [3.05, 3.63) is 59.2 Å². The van der Waals surface area contributed by atoms with Crippen molar-refractivity contribution in [3.63, 3.8) is 0 Å². The summed E-state index contributed by atoms with van der Waals surface area (Å²) in [6.07, 6.45) is 16.9. The number of benzene rings is 1. The Hall–Kier alpha value is -2.45. The Morgan fingerprint density at radius 3 is 2.93 bits per heavy atom. The Kier molecular flexibility index (Phi) is 10.9. The molecule has 2 saturated carbocycles. The Labute approximate surface area is 252 Å². The zero-order chi connectivity index (χ0) is 29.5. The Balaban J connectivity index is 1.14. The van der Waals surface area contributed by atoms with Gasteiger partial charge in [-0.1, -0.05) is 32.3 Å². The number of nitrogens with one attached hydrogen (secondary N) is 1. The molecule has 230 valence electrons. The molecule has 5 rings (SSSR count). The van der Waals surface area contributed by atoms with E-state index in [1.807, 2.05) is 19.1 Å². The summed E-state index contributed by atoms with van der Waals surface area (Å²) in [7, 11) is 0. The summed E-state index contributed by atoms with van der Waals surface area (Å²) in [6, 6.07) is 5.60. The van der Waals surface area contributed by atoms with E-state index in [4.69, 9.17) is 14.5 Å². The molecule has 5 atom stereocenters. The molecule has 2 aliphatic carbocycles. The van der Waals surface area contributed by atoms with Gasteiger partial charge in [-0.25, -0.2) is 0 Å². The number of hydrogen-bond donors (Lipinski definition) is 4. The summed E-state index contributed by atoms with van der Waals surface area (Å²) in [5, 5.41) is 33.5. The fourth-order valence-electron chi connectivity index (χ4n) is 7.33. The maximum absolute atomic E-state index is 10.5. The number of aromatic hydroxyl groups is 1. The zero-order valence-electron chi connectivity index (χ0n) is 25.5. The van der Waals surface area contributed by atoms with Crippen LogP contribution in [0.15, 0.2) is 46.6 Å². The molecule has 0 spiro atoms. The van der Waals surface area contributed by atoms with Gasteiger partial charge in [0.05, 0.1) is 24.5 Å². The largest absolute Gasteiger partial charge is 0.504 e. The second-order valence-corrected chi connectivity index (χ2v) is 12.7. The third kappa shape index (κ3) is 7.73. The van der Waals surface area contributed by atoms with Crippen molar-refractivity contribution in [3.8, 4) is 11.5 Å². The number of allylic oxidation sites excluding steroid dienone is 1. The molecule has 4 aliphatic rings. The highest BCUT2D eigenvalue weighted by Gasteiger charge is 2.48. The van der Waals surface area contributed by atoms with Crippen molar-refractivity contribution in [1.82, 2.24) is 5.32 Å². The van der Waals surface area contributed by atoms with Gasteiger partial charge in [0.25, 0.3) is 0 Å². The van der Waals surface area contributed by atoms with E-state index in [-0.39, 0.29) is 24.6 Å². The summed E-state index contributed by atoms with van der Waals surface area (Å²) in [6.45, 7) is 6.05. The number of unbranched alkanes of at least 4 members (excludes halogenated alkanes) is 1. The van der Waals surface area contributed by atoms with Crippen molar-refractivity contribution in [1.29, 1.82) is 0 Å². The lowest BCUT2D eigenvalue weighted by atomic mass is 9.77. The molecule has 1 aromatic carbocycles. The van der Waals surface area contributed by atoms with E-state index in [2.05, 4.69) is 24.4 Å². The third-order valence-electron chi connectivity index (χ3n) is 9.55. The van der Waals surface area contributed by atoms with Gasteiger partial charge < -0.3 is 30.1 Å². The fourth-order valence-corrected chi connectivity index (χ4v) is 7.33. The van der Waals surface area contributed by atoms with Crippen LogP contribution in [0.25, 0.3) is 0 Å². The van der Waals surface area contributed by atoms with Gasteiger partial charge in [-0.15, -0.1) is 16.6 Å². The maximum atomic E-state index is 10.5. The van der Waals surface area contributed by atoms with Crippen molar-refractivity contribution in [2.24, 2.45) is 22.7 Å². The third-order valence-corrected chi connectivity index (χ3v) is 9.55. The number of rotatable bonds is 15. The second-order valence-electron chi connectivity index (χ2n) is 12.7. The van der Waals surface area contributed by atoms with Gasteiger partial charge in [-0.05, 0) is 68.6 Å². The molecule has 42 heavy (non-hydrogen) atoms. The van der Waals surface area contributed by atoms with Gasteiger partial charge in [0.15, 0.2) is 17.2 Å². The standard InChI is InChI=1S/C35H50N2O5/c1-3-4-8-34-26(22-38)18-28(42-34)12-9-24-10-14-33(40)35(17-24)41-16-15-27-19-30-31(21-36-20-23(2)39)29-7-5-6-25(29)11-13-32(30)37-27/h10,14,17-19,23,25,29,31,34,36,38-39,42H,3-9,11-13,15-16,20-22H2,1-2H3/p+1. The van der Waals surface area contributed by atoms with Gasteiger partial charge in [0.1, 0.15) is 30.4 Å². The molecule has 5 N–H and O–H groups in total. The van der Waals surface area contributed by atoms with Crippen molar-refractivity contribution in [2.45, 2.75) is 96.7 Å². The van der Waals surface area contributed by atoms with Crippen LogP contribution >= 0.6 is 0 Å². The zero-order valence-corrected chi connectivity index (χ0v) is 25.5. The molecule has 7 nitrogen and oxygen atoms in total. The van der Waals surface area contributed by atoms with Crippen LogP contribution in [0.5, 0.6) is 11.5 Å². The first-order chi connectivity index (χ1) is 20.4. The number of aryl methyl sites for hydroxylation is 1. The van der Waals surface area contributed by atoms with E-state index in [1.54, 1.807) is 6.07 Å². The number of hydrogen-bond acceptors (Lipinski definition) is 6. The van der Waals surface area contributed by atoms with E-state index >= 15 is 0 Å². The minimum atomic E-state index is -0.342. The molecule has 2 fully saturated rings. The SMILES string of the molecule is CCCCC1[OH+][C-](CCc2ccc(O)c(OCCC3=C[C+]4C(=N3)CCC3CCCC3C4CNCC(C)O)c2)C=C1CO. The number of aliphatic hydroxyl groups is 4. The molecule has 0 bridgehead atoms. The quantitative estimate of drug-likeness (QED) is 0.165. The lowest BCUT2D eigenvalue weighted by molar-refractivity contribution is -0.0550. The minimum Gasteiger partial charge on any atom is -0.504 e. The number of phenols is 1. The minimum absolute atomic E-state index is 0.0709. The van der Waals surface area contributed by atoms with E-state index < -0.39 is 0 Å². The summed E-state index contributed by atoms with van der Waals surface area (Å²) >= 11 is 0. The highest BCUT2D eigenvalue weighted by molar-refractivity contribution is 6.02. The van der Waals surface area contributed by atoms with Crippen LogP contribution < -0.4 is 10.1 Å². The average molecular weight is 580 g/mol. The highest BCUT2D eigenvalue weighted by atomic mass is 16.5. The monoisotopic (exact) mass is 579 g/mol. The number of fused-ring (bicyclic) bond motifs is 2. The van der Waals surface area contributed by atoms with Crippen molar-refractivity contribution >= 4 is 5.71 Å². The van der Waals surface area contributed by atoms with Crippen molar-refractivity contribution in [2.75, 3.05) is 26.3 Å². The number of ether oxygens (including phenoxy) is 2. The molecule has 2 aliphatic heterocycles. The molecule has 0 amide bonds. The molecule has 0 aromatic heterocycles. The summed E-state index contributed by atoms with van der Waals surface area (Å²) in [4.78, 5) is 5.06. The Bertz CT molecular complexity index is 1130. The number of aliphatic imine (C=N–C) groups is 1. The number of aliphatic hydroxyl groups excluding tert-OH is 2. The normalized spacial score (nSPS) is 26.0. The Morgan fingerprint density at radius 2 is 2.12 bits per heavy atom. The van der Waals surface area contributed by atoms with Crippen LogP contribution in [0.2, 0.25) is 0 Å². The van der Waals surface area contributed by atoms with Crippen molar-refractivity contribution < 1.29 is 24.8 Å². The van der Waals surface area contributed by atoms with E-state index in [0.29, 0.717) is 37.2 Å². The number of nitrogens with zero attached hydrogens (tertiary/aromatic N) is 1. The Morgan fingerprint density at radius 1 is 1.24 bits per heavy atom. The summed E-state index contributed by atoms with van der Waals surface area (Å²) in [5.41, 5.74) is 4.43. The smallest absolute Gasteiger partial charge is 0.178 e. The lowest BCUT2D eigenvalue weighted by Crippen LogP contribution is -2.36. The summed E-state index contributed by atoms with van der Waals surface area (Å²) < 4.78 is 10.9. The van der Waals surface area contributed by atoms with Gasteiger partial charge in [0, 0.05) is 32.5 Å². The van der Waals surface area contributed by atoms with E-state index in [1.165, 1.54) is 37.3 Å². The van der Waals surface area contributed by atoms with Gasteiger partial charge >= 0.3 is 0 Å². The van der Waals surface area contributed by atoms with Gasteiger partial charge in [-0.3, -0.25) is 0 Å². The molecular weight excluding hydrogens is 528 g/mol. The maximum Gasteiger partial charge on any atom is 0.178 e. The molecule has 0 radical (unpaired) electrons. The first kappa shape index (κ1) is 31.0. The van der Waals surface area contributed by atoms with Crippen LogP contribution in [-0.4, -0.2) is 64.3 Å². The molecule has 2 heterocycles. The molecule has 5 unspecified atom stereocenters. The van der Waals surface area contributed by atoms with Crippen LogP contribution in [0.1, 0.15) is 83.6 Å². The predicted molar refractivity (Wildman–Crippen MR) is 167 cm³/mol. The lowest BCUT2D eigenvalue weighted by Gasteiger charge is -2.26. The molecule has 1 aromatic rings. The first-order valence-electron chi connectivity index (χ1n) is 16.3. The fraction of sp³-hybridized carbons (Fsp3) is 0.629. The molecular formula is C35H51N2O5+. The van der Waals surface area contributed by atoms with E-state index in [9.17, 15) is 15.3 Å². The number of phenolic OH excluding ortho intramolecular Hbond substituents is 1. The van der Waals surface area contributed by atoms with Gasteiger partial charge in [0.2, 0.25) is 0 Å². The molecule has 7 heteroatoms. The molecule has 0 saturated heterocycles. The average Bonchev–Trinajstić information content (AvgIpc) is 3.70. The van der Waals surface area contributed by atoms with Crippen LogP contribution in [0.3, 0.4) is 0 Å². The second kappa shape index (κ2) is 14.8. The van der Waals surface area contributed by atoms with Gasteiger partial charge in [-0.2, -0.15) is 0 Å². The predicted octanol–water partition coefficient (Wildman–Crippen LogP) is 5.35. The van der Waals surface area contributed by atoms with Crippen LogP contribution in [0, 0.1) is 29.8 Å².